The zero-order valence-corrected chi connectivity index (χ0v) is 18.9. The van der Waals surface area contributed by atoms with Gasteiger partial charge in [-0.2, -0.15) is 18.3 Å². The molecule has 4 aromatic rings. The third-order valence-electron chi connectivity index (χ3n) is 5.71. The molecule has 2 N–H and O–H groups in total. The molecular weight excluding hydrogens is 445 g/mol. The van der Waals surface area contributed by atoms with Crippen LogP contribution in [0.2, 0.25) is 0 Å². The number of alkyl halides is 3. The molecule has 0 fully saturated rings. The van der Waals surface area contributed by atoms with Crippen LogP contribution in [0, 0.1) is 0 Å². The highest BCUT2D eigenvalue weighted by Crippen LogP contribution is 2.36. The van der Waals surface area contributed by atoms with Crippen molar-refractivity contribution < 1.29 is 18.0 Å². The third kappa shape index (κ3) is 4.45. The molecule has 1 aromatic carbocycles. The first-order chi connectivity index (χ1) is 16.3. The molecule has 7 nitrogen and oxygen atoms in total. The molecule has 0 unspecified atom stereocenters. The molecule has 3 heterocycles. The molecule has 0 aliphatic heterocycles. The highest BCUT2D eigenvalue weighted by Gasteiger charge is 2.38. The minimum atomic E-state index is -4.62. The monoisotopic (exact) mass is 470 g/mol. The molecule has 0 amide bonds. The Morgan fingerprint density at radius 1 is 1.18 bits per heavy atom. The Morgan fingerprint density at radius 3 is 2.65 bits per heavy atom. The second-order valence-electron chi connectivity index (χ2n) is 7.95. The van der Waals surface area contributed by atoms with Gasteiger partial charge in [-0.15, -0.1) is 0 Å². The molecule has 10 heteroatoms. The topological polar surface area (TPSA) is 91.1 Å². The maximum absolute atomic E-state index is 13.7. The van der Waals surface area contributed by atoms with E-state index in [4.69, 9.17) is 5.73 Å². The van der Waals surface area contributed by atoms with Gasteiger partial charge in [-0.1, -0.05) is 32.0 Å². The minimum absolute atomic E-state index is 0.0682. The molecule has 0 saturated heterocycles. The van der Waals surface area contributed by atoms with Gasteiger partial charge in [0, 0.05) is 43.5 Å². The van der Waals surface area contributed by atoms with E-state index in [-0.39, 0.29) is 30.1 Å². The first-order valence-corrected chi connectivity index (χ1v) is 11.1. The van der Waals surface area contributed by atoms with Crippen molar-refractivity contribution in [2.45, 2.75) is 45.8 Å². The zero-order valence-electron chi connectivity index (χ0n) is 18.9. The Morgan fingerprint density at radius 2 is 1.97 bits per heavy atom. The van der Waals surface area contributed by atoms with E-state index >= 15 is 0 Å². The number of hydrogen-bond donors (Lipinski definition) is 1. The molecule has 0 radical (unpaired) electrons. The summed E-state index contributed by atoms with van der Waals surface area (Å²) in [6.07, 6.45) is 2.83. The van der Waals surface area contributed by atoms with Crippen molar-refractivity contribution in [3.63, 3.8) is 0 Å². The number of hydrogen-bond acceptors (Lipinski definition) is 5. The summed E-state index contributed by atoms with van der Waals surface area (Å²) < 4.78 is 43.8. The summed E-state index contributed by atoms with van der Waals surface area (Å²) in [7, 11) is 0. The van der Waals surface area contributed by atoms with Crippen molar-refractivity contribution >= 4 is 11.4 Å². The van der Waals surface area contributed by atoms with E-state index in [2.05, 4.69) is 15.1 Å². The second-order valence-corrected chi connectivity index (χ2v) is 7.95. The molecule has 0 aliphatic carbocycles. The largest absolute Gasteiger partial charge is 0.435 e. The van der Waals surface area contributed by atoms with Crippen LogP contribution in [0.4, 0.5) is 13.2 Å². The molecule has 4 rings (SSSR count). The summed E-state index contributed by atoms with van der Waals surface area (Å²) in [4.78, 5) is 21.0. The van der Waals surface area contributed by atoms with Gasteiger partial charge >= 0.3 is 6.18 Å². The number of benzene rings is 1. The number of nitrogens with two attached hydrogens (primary N) is 1. The highest BCUT2D eigenvalue weighted by atomic mass is 19.4. The summed E-state index contributed by atoms with van der Waals surface area (Å²) >= 11 is 0. The van der Waals surface area contributed by atoms with Crippen molar-refractivity contribution in [3.8, 4) is 11.3 Å². The lowest BCUT2D eigenvalue weighted by Gasteiger charge is -2.10. The molecule has 178 valence electrons. The maximum atomic E-state index is 13.7. The molecular formula is C24H25F3N6O. The first kappa shape index (κ1) is 23.6. The van der Waals surface area contributed by atoms with Gasteiger partial charge in [0.15, 0.2) is 17.1 Å². The molecule has 0 atom stereocenters. The summed E-state index contributed by atoms with van der Waals surface area (Å²) in [5.41, 5.74) is 8.43. The van der Waals surface area contributed by atoms with Gasteiger partial charge in [-0.3, -0.25) is 18.9 Å². The SMILES string of the molecule is CCC(=O)c1ccc(Cc2nccn3c(-c4cn(CCN)nc4C(F)(F)F)cnc23)cc1CC. The maximum Gasteiger partial charge on any atom is 0.435 e. The Bertz CT molecular complexity index is 1340. The average Bonchev–Trinajstić information content (AvgIpc) is 3.43. The number of ketones is 1. The lowest BCUT2D eigenvalue weighted by molar-refractivity contribution is -0.141. The molecule has 0 bridgehead atoms. The predicted molar refractivity (Wildman–Crippen MR) is 122 cm³/mol. The quantitative estimate of drug-likeness (QED) is 0.388. The van der Waals surface area contributed by atoms with Crippen molar-refractivity contribution in [1.29, 1.82) is 0 Å². The fraction of sp³-hybridized carbons (Fsp3) is 0.333. The van der Waals surface area contributed by atoms with E-state index in [1.807, 2.05) is 32.0 Å². The number of rotatable bonds is 8. The third-order valence-corrected chi connectivity index (χ3v) is 5.71. The standard InChI is InChI=1S/C24H25F3N6O/c1-3-16-11-15(5-6-17(16)21(34)4-2)12-19-23-30-13-20(33(23)10-8-29-19)18-14-32(9-7-28)31-22(18)24(25,26)27/h5-6,8,10-11,13-14H,3-4,7,9,12,28H2,1-2H3. The van der Waals surface area contributed by atoms with E-state index in [0.29, 0.717) is 30.6 Å². The van der Waals surface area contributed by atoms with Gasteiger partial charge in [0.25, 0.3) is 0 Å². The van der Waals surface area contributed by atoms with Crippen LogP contribution in [0.1, 0.15) is 53.1 Å². The Balaban J connectivity index is 1.75. The van der Waals surface area contributed by atoms with Gasteiger partial charge < -0.3 is 5.73 Å². The van der Waals surface area contributed by atoms with Crippen LogP contribution in [0.25, 0.3) is 16.9 Å². The number of aryl methyl sites for hydroxylation is 1. The van der Waals surface area contributed by atoms with Gasteiger partial charge in [-0.05, 0) is 17.5 Å². The molecule has 0 spiro atoms. The second kappa shape index (κ2) is 9.38. The molecule has 3 aromatic heterocycles. The number of fused-ring (bicyclic) bond motifs is 1. The van der Waals surface area contributed by atoms with Crippen molar-refractivity contribution in [2.75, 3.05) is 6.54 Å². The number of aromatic nitrogens is 5. The molecule has 0 saturated carbocycles. The number of imidazole rings is 1. The number of Topliss-reactive ketones (excluding diaryl/α,β-unsaturated/α-hetero) is 1. The molecule has 0 aliphatic rings. The lowest BCUT2D eigenvalue weighted by Crippen LogP contribution is -2.12. The number of nitrogens with zero attached hydrogens (tertiary/aromatic N) is 5. The number of carbonyl (C=O) groups excluding carboxylic acids is 1. The van der Waals surface area contributed by atoms with Crippen LogP contribution in [0.5, 0.6) is 0 Å². The minimum Gasteiger partial charge on any atom is -0.329 e. The predicted octanol–water partition coefficient (Wildman–Crippen LogP) is 4.32. The summed E-state index contributed by atoms with van der Waals surface area (Å²) in [5.74, 6) is 0.0946. The first-order valence-electron chi connectivity index (χ1n) is 11.1. The van der Waals surface area contributed by atoms with Gasteiger partial charge in [0.1, 0.15) is 0 Å². The Hall–Kier alpha value is -3.53. The van der Waals surface area contributed by atoms with Gasteiger partial charge in [0.05, 0.1) is 29.7 Å². The number of halogens is 3. The van der Waals surface area contributed by atoms with E-state index < -0.39 is 11.9 Å². The van der Waals surface area contributed by atoms with Crippen LogP contribution in [-0.4, -0.2) is 36.5 Å². The average molecular weight is 470 g/mol. The van der Waals surface area contributed by atoms with Crippen molar-refractivity contribution in [1.82, 2.24) is 24.1 Å². The van der Waals surface area contributed by atoms with Crippen LogP contribution >= 0.6 is 0 Å². The van der Waals surface area contributed by atoms with Gasteiger partial charge in [-0.25, -0.2) is 4.98 Å². The number of carbonyl (C=O) groups is 1. The Labute approximate surface area is 194 Å². The smallest absolute Gasteiger partial charge is 0.329 e. The van der Waals surface area contributed by atoms with Crippen LogP contribution in [0.15, 0.2) is 43.0 Å². The van der Waals surface area contributed by atoms with Crippen LogP contribution in [0.3, 0.4) is 0 Å². The van der Waals surface area contributed by atoms with Gasteiger partial charge in [0.2, 0.25) is 0 Å². The van der Waals surface area contributed by atoms with Crippen LogP contribution in [-0.2, 0) is 25.6 Å². The van der Waals surface area contributed by atoms with E-state index in [1.165, 1.54) is 17.1 Å². The summed E-state index contributed by atoms with van der Waals surface area (Å²) in [5, 5.41) is 3.70. The van der Waals surface area contributed by atoms with E-state index in [1.54, 1.807) is 16.8 Å². The highest BCUT2D eigenvalue weighted by molar-refractivity contribution is 5.97. The fourth-order valence-electron chi connectivity index (χ4n) is 4.07. The lowest BCUT2D eigenvalue weighted by atomic mass is 9.96. The van der Waals surface area contributed by atoms with Crippen LogP contribution < -0.4 is 5.73 Å². The fourth-order valence-corrected chi connectivity index (χ4v) is 4.07. The summed E-state index contributed by atoms with van der Waals surface area (Å²) in [6.45, 7) is 4.17. The normalized spacial score (nSPS) is 11.9. The molecule has 34 heavy (non-hydrogen) atoms. The Kier molecular flexibility index (Phi) is 6.52. The zero-order chi connectivity index (χ0) is 24.5. The van der Waals surface area contributed by atoms with Crippen molar-refractivity contribution in [3.05, 3.63) is 71.1 Å². The van der Waals surface area contributed by atoms with E-state index in [9.17, 15) is 18.0 Å². The van der Waals surface area contributed by atoms with Crippen molar-refractivity contribution in [2.24, 2.45) is 5.73 Å². The van der Waals surface area contributed by atoms with E-state index in [0.717, 1.165) is 16.7 Å². The summed E-state index contributed by atoms with van der Waals surface area (Å²) in [6, 6.07) is 5.70.